The summed E-state index contributed by atoms with van der Waals surface area (Å²) >= 11 is 11.6. The standard InChI is InChI=1S/C12H11Cl2FN2O2/c1-19-12(18)2-3-17-10-4-7(14)8(15)5-9(10)16-11(17)6-13/h4-5H,2-3,6H2,1H3. The number of nitrogens with zero attached hydrogens (tertiary/aromatic N) is 2. The summed E-state index contributed by atoms with van der Waals surface area (Å²) in [5.74, 6) is -0.152. The van der Waals surface area contributed by atoms with E-state index in [1.54, 1.807) is 4.57 Å². The first-order valence-corrected chi connectivity index (χ1v) is 6.45. The molecule has 0 spiro atoms. The quantitative estimate of drug-likeness (QED) is 0.644. The van der Waals surface area contributed by atoms with Gasteiger partial charge in [-0.3, -0.25) is 4.79 Å². The molecule has 102 valence electrons. The fraction of sp³-hybridized carbons (Fsp3) is 0.333. The molecule has 0 aliphatic heterocycles. The first-order chi connectivity index (χ1) is 9.06. The van der Waals surface area contributed by atoms with E-state index < -0.39 is 5.82 Å². The Balaban J connectivity index is 2.44. The van der Waals surface area contributed by atoms with Crippen LogP contribution in [0.15, 0.2) is 12.1 Å². The third-order valence-corrected chi connectivity index (χ3v) is 3.28. The van der Waals surface area contributed by atoms with Crippen molar-refractivity contribution in [3.63, 3.8) is 0 Å². The number of aryl methyl sites for hydroxylation is 1. The van der Waals surface area contributed by atoms with Crippen LogP contribution in [-0.2, 0) is 22.0 Å². The smallest absolute Gasteiger partial charge is 0.307 e. The van der Waals surface area contributed by atoms with Crippen LogP contribution in [0.2, 0.25) is 5.02 Å². The highest BCUT2D eigenvalue weighted by atomic mass is 35.5. The molecule has 0 aliphatic rings. The molecule has 0 atom stereocenters. The maximum Gasteiger partial charge on any atom is 0.307 e. The molecule has 2 rings (SSSR count). The Hall–Kier alpha value is -1.33. The van der Waals surface area contributed by atoms with Gasteiger partial charge in [0.05, 0.1) is 35.5 Å². The second-order valence-corrected chi connectivity index (χ2v) is 4.57. The number of imidazole rings is 1. The van der Waals surface area contributed by atoms with Crippen LogP contribution < -0.4 is 0 Å². The van der Waals surface area contributed by atoms with Crippen molar-refractivity contribution in [2.24, 2.45) is 0 Å². The lowest BCUT2D eigenvalue weighted by Gasteiger charge is -2.07. The lowest BCUT2D eigenvalue weighted by molar-refractivity contribution is -0.140. The van der Waals surface area contributed by atoms with Crippen molar-refractivity contribution in [2.75, 3.05) is 7.11 Å². The Kier molecular flexibility index (Phi) is 4.27. The number of alkyl halides is 1. The van der Waals surface area contributed by atoms with Crippen LogP contribution in [0.1, 0.15) is 12.2 Å². The first kappa shape index (κ1) is 14.1. The van der Waals surface area contributed by atoms with E-state index in [4.69, 9.17) is 23.2 Å². The van der Waals surface area contributed by atoms with Gasteiger partial charge >= 0.3 is 5.97 Å². The molecule has 0 amide bonds. The molecule has 0 saturated carbocycles. The highest BCUT2D eigenvalue weighted by Gasteiger charge is 2.14. The van der Waals surface area contributed by atoms with Crippen molar-refractivity contribution in [1.29, 1.82) is 0 Å². The van der Waals surface area contributed by atoms with Gasteiger partial charge in [-0.1, -0.05) is 11.6 Å². The predicted molar refractivity (Wildman–Crippen MR) is 70.9 cm³/mol. The Morgan fingerprint density at radius 3 is 2.89 bits per heavy atom. The van der Waals surface area contributed by atoms with Gasteiger partial charge < -0.3 is 9.30 Å². The van der Waals surface area contributed by atoms with E-state index in [1.165, 1.54) is 19.2 Å². The molecule has 0 N–H and O–H groups in total. The summed E-state index contributed by atoms with van der Waals surface area (Å²) in [6, 6.07) is 2.73. The second-order valence-electron chi connectivity index (χ2n) is 3.89. The van der Waals surface area contributed by atoms with Gasteiger partial charge in [0, 0.05) is 12.6 Å². The summed E-state index contributed by atoms with van der Waals surface area (Å²) in [6.45, 7) is 0.354. The number of benzene rings is 1. The summed E-state index contributed by atoms with van der Waals surface area (Å²) in [5.41, 5.74) is 1.10. The fourth-order valence-corrected chi connectivity index (χ4v) is 2.19. The maximum absolute atomic E-state index is 13.4. The molecule has 0 bridgehead atoms. The molecule has 0 unspecified atom stereocenters. The summed E-state index contributed by atoms with van der Waals surface area (Å²) in [4.78, 5) is 15.4. The van der Waals surface area contributed by atoms with Crippen molar-refractivity contribution in [3.8, 4) is 0 Å². The predicted octanol–water partition coefficient (Wildman–Crippen LogP) is 3.13. The number of carbonyl (C=O) groups is 1. The van der Waals surface area contributed by atoms with Crippen molar-refractivity contribution >= 4 is 40.2 Å². The summed E-state index contributed by atoms with van der Waals surface area (Å²) in [6.07, 6.45) is 0.181. The molecule has 1 aromatic carbocycles. The summed E-state index contributed by atoms with van der Waals surface area (Å²) in [7, 11) is 1.32. The van der Waals surface area contributed by atoms with Gasteiger partial charge in [-0.05, 0) is 6.07 Å². The van der Waals surface area contributed by atoms with Gasteiger partial charge in [-0.2, -0.15) is 0 Å². The zero-order chi connectivity index (χ0) is 14.0. The van der Waals surface area contributed by atoms with Crippen molar-refractivity contribution in [2.45, 2.75) is 18.8 Å². The molecule has 7 heteroatoms. The molecule has 2 aromatic rings. The van der Waals surface area contributed by atoms with Gasteiger partial charge in [-0.25, -0.2) is 9.37 Å². The van der Waals surface area contributed by atoms with Gasteiger partial charge in [0.1, 0.15) is 11.6 Å². The Morgan fingerprint density at radius 2 is 2.26 bits per heavy atom. The zero-order valence-corrected chi connectivity index (χ0v) is 11.6. The minimum Gasteiger partial charge on any atom is -0.469 e. The summed E-state index contributed by atoms with van der Waals surface area (Å²) < 4.78 is 19.7. The number of esters is 1. The highest BCUT2D eigenvalue weighted by Crippen LogP contribution is 2.24. The number of hydrogen-bond acceptors (Lipinski definition) is 3. The molecule has 1 aromatic heterocycles. The van der Waals surface area contributed by atoms with Gasteiger partial charge in [0.25, 0.3) is 0 Å². The third-order valence-electron chi connectivity index (χ3n) is 2.76. The fourth-order valence-electron chi connectivity index (χ4n) is 1.83. The monoisotopic (exact) mass is 304 g/mol. The largest absolute Gasteiger partial charge is 0.469 e. The van der Waals surface area contributed by atoms with Gasteiger partial charge in [0.15, 0.2) is 0 Å². The maximum atomic E-state index is 13.4. The van der Waals surface area contributed by atoms with E-state index >= 15 is 0 Å². The van der Waals surface area contributed by atoms with E-state index in [1.807, 2.05) is 0 Å². The number of methoxy groups -OCH3 is 1. The Morgan fingerprint density at radius 1 is 1.53 bits per heavy atom. The van der Waals surface area contributed by atoms with Crippen LogP contribution in [0.4, 0.5) is 4.39 Å². The molecule has 0 aliphatic carbocycles. The number of aromatic nitrogens is 2. The molecule has 0 fully saturated rings. The third kappa shape index (κ3) is 2.82. The highest BCUT2D eigenvalue weighted by molar-refractivity contribution is 6.31. The average molecular weight is 305 g/mol. The van der Waals surface area contributed by atoms with Crippen LogP contribution in [0.25, 0.3) is 11.0 Å². The van der Waals surface area contributed by atoms with E-state index in [-0.39, 0.29) is 23.3 Å². The second kappa shape index (κ2) is 5.75. The molecule has 19 heavy (non-hydrogen) atoms. The molecule has 4 nitrogen and oxygen atoms in total. The number of carbonyl (C=O) groups excluding carboxylic acids is 1. The van der Waals surface area contributed by atoms with E-state index in [2.05, 4.69) is 9.72 Å². The molecule has 0 saturated heterocycles. The van der Waals surface area contributed by atoms with Crippen LogP contribution >= 0.6 is 23.2 Å². The van der Waals surface area contributed by atoms with Crippen molar-refractivity contribution < 1.29 is 13.9 Å². The molecular formula is C12H11Cl2FN2O2. The molecule has 0 radical (unpaired) electrons. The average Bonchev–Trinajstić information content (AvgIpc) is 2.73. The minimum absolute atomic E-state index is 0.00726. The topological polar surface area (TPSA) is 44.1 Å². The lowest BCUT2D eigenvalue weighted by Crippen LogP contribution is -2.09. The Bertz CT molecular complexity index is 628. The summed E-state index contributed by atoms with van der Waals surface area (Å²) in [5, 5.41) is 0.00726. The van der Waals surface area contributed by atoms with Crippen LogP contribution in [0.5, 0.6) is 0 Å². The molecule has 1 heterocycles. The SMILES string of the molecule is COC(=O)CCn1c(CCl)nc2cc(F)c(Cl)cc21. The normalized spacial score (nSPS) is 10.9. The number of halogens is 3. The van der Waals surface area contributed by atoms with Crippen LogP contribution in [-0.4, -0.2) is 22.6 Å². The van der Waals surface area contributed by atoms with Crippen molar-refractivity contribution in [3.05, 3.63) is 28.8 Å². The number of ether oxygens (including phenoxy) is 1. The van der Waals surface area contributed by atoms with Crippen molar-refractivity contribution in [1.82, 2.24) is 9.55 Å². The number of fused-ring (bicyclic) bond motifs is 1. The minimum atomic E-state index is -0.534. The van der Waals surface area contributed by atoms with Gasteiger partial charge in [-0.15, -0.1) is 11.6 Å². The zero-order valence-electron chi connectivity index (χ0n) is 10.1. The first-order valence-electron chi connectivity index (χ1n) is 5.53. The van der Waals surface area contributed by atoms with Crippen LogP contribution in [0, 0.1) is 5.82 Å². The van der Waals surface area contributed by atoms with Crippen LogP contribution in [0.3, 0.4) is 0 Å². The van der Waals surface area contributed by atoms with E-state index in [9.17, 15) is 9.18 Å². The number of rotatable bonds is 4. The lowest BCUT2D eigenvalue weighted by atomic mass is 10.3. The Labute approximate surface area is 119 Å². The van der Waals surface area contributed by atoms with E-state index in [0.717, 1.165) is 0 Å². The van der Waals surface area contributed by atoms with Gasteiger partial charge in [0.2, 0.25) is 0 Å². The van der Waals surface area contributed by atoms with E-state index in [0.29, 0.717) is 23.4 Å². The number of hydrogen-bond donors (Lipinski definition) is 0. The molecular weight excluding hydrogens is 294 g/mol.